The second kappa shape index (κ2) is 5.95. The minimum Gasteiger partial charge on any atom is -0.507 e. The number of hydrogen-bond acceptors (Lipinski definition) is 4. The predicted molar refractivity (Wildman–Crippen MR) is 84.3 cm³/mol. The highest BCUT2D eigenvalue weighted by molar-refractivity contribution is 5.60. The molecule has 2 aromatic carbocycles. The first-order valence-corrected chi connectivity index (χ1v) is 6.86. The summed E-state index contributed by atoms with van der Waals surface area (Å²) in [5, 5.41) is 23.0. The molecule has 0 spiro atoms. The van der Waals surface area contributed by atoms with Crippen LogP contribution in [0.3, 0.4) is 0 Å². The zero-order valence-corrected chi connectivity index (χ0v) is 12.8. The van der Waals surface area contributed by atoms with E-state index in [0.29, 0.717) is 11.5 Å². The molecule has 0 aliphatic carbocycles. The van der Waals surface area contributed by atoms with Crippen LogP contribution < -0.4 is 10.1 Å². The molecule has 0 saturated heterocycles. The van der Waals surface area contributed by atoms with Gasteiger partial charge in [-0.2, -0.15) is 0 Å². The van der Waals surface area contributed by atoms with Crippen LogP contribution in [0.25, 0.3) is 0 Å². The van der Waals surface area contributed by atoms with Gasteiger partial charge in [0.1, 0.15) is 5.75 Å². The molecular formula is C17H21NO3. The minimum absolute atomic E-state index is 0.0142. The van der Waals surface area contributed by atoms with Gasteiger partial charge in [-0.15, -0.1) is 0 Å². The lowest BCUT2D eigenvalue weighted by atomic mass is 10.0. The average Bonchev–Trinajstić information content (AvgIpc) is 2.48. The highest BCUT2D eigenvalue weighted by Crippen LogP contribution is 2.33. The summed E-state index contributed by atoms with van der Waals surface area (Å²) >= 11 is 0. The van der Waals surface area contributed by atoms with Crippen LogP contribution in [0.5, 0.6) is 17.2 Å². The van der Waals surface area contributed by atoms with Gasteiger partial charge in [0.2, 0.25) is 0 Å². The summed E-state index contributed by atoms with van der Waals surface area (Å²) in [6.45, 7) is 5.78. The summed E-state index contributed by atoms with van der Waals surface area (Å²) in [6, 6.07) is 9.12. The SMILES string of the molecule is COc1cc(C(C)Nc2ccc(C)c(O)c2C)ccc1O. The van der Waals surface area contributed by atoms with E-state index in [4.69, 9.17) is 4.74 Å². The Labute approximate surface area is 125 Å². The van der Waals surface area contributed by atoms with Crippen LogP contribution >= 0.6 is 0 Å². The van der Waals surface area contributed by atoms with Crippen molar-refractivity contribution in [3.05, 3.63) is 47.0 Å². The third-order valence-electron chi connectivity index (χ3n) is 3.71. The average molecular weight is 287 g/mol. The van der Waals surface area contributed by atoms with E-state index >= 15 is 0 Å². The summed E-state index contributed by atoms with van der Waals surface area (Å²) in [5.41, 5.74) is 3.56. The number of ether oxygens (including phenoxy) is 1. The van der Waals surface area contributed by atoms with E-state index in [2.05, 4.69) is 5.32 Å². The summed E-state index contributed by atoms with van der Waals surface area (Å²) in [5.74, 6) is 0.887. The van der Waals surface area contributed by atoms with E-state index in [0.717, 1.165) is 22.4 Å². The fourth-order valence-electron chi connectivity index (χ4n) is 2.27. The van der Waals surface area contributed by atoms with Crippen molar-refractivity contribution in [1.29, 1.82) is 0 Å². The maximum Gasteiger partial charge on any atom is 0.160 e. The molecule has 2 rings (SSSR count). The van der Waals surface area contributed by atoms with E-state index < -0.39 is 0 Å². The number of aryl methyl sites for hydroxylation is 1. The van der Waals surface area contributed by atoms with Crippen LogP contribution in [0.2, 0.25) is 0 Å². The Bertz CT molecular complexity index is 653. The van der Waals surface area contributed by atoms with Gasteiger partial charge in [0.05, 0.1) is 7.11 Å². The van der Waals surface area contributed by atoms with E-state index in [1.165, 1.54) is 7.11 Å². The van der Waals surface area contributed by atoms with E-state index in [1.807, 2.05) is 39.0 Å². The second-order valence-corrected chi connectivity index (χ2v) is 5.20. The topological polar surface area (TPSA) is 61.7 Å². The summed E-state index contributed by atoms with van der Waals surface area (Å²) < 4.78 is 5.13. The molecule has 0 aliphatic heterocycles. The Kier molecular flexibility index (Phi) is 4.26. The molecule has 4 nitrogen and oxygen atoms in total. The molecule has 0 aromatic heterocycles. The first-order chi connectivity index (χ1) is 9.93. The fraction of sp³-hybridized carbons (Fsp3) is 0.294. The van der Waals surface area contributed by atoms with Gasteiger partial charge in [-0.3, -0.25) is 0 Å². The lowest BCUT2D eigenvalue weighted by Gasteiger charge is -2.19. The number of methoxy groups -OCH3 is 1. The maximum atomic E-state index is 10.00. The zero-order chi connectivity index (χ0) is 15.6. The molecule has 3 N–H and O–H groups in total. The molecule has 0 saturated carbocycles. The number of phenolic OH excluding ortho intramolecular Hbond substituents is 2. The minimum atomic E-state index is 0.0142. The number of nitrogens with one attached hydrogen (secondary N) is 1. The van der Waals surface area contributed by atoms with Crippen molar-refractivity contribution < 1.29 is 14.9 Å². The summed E-state index contributed by atoms with van der Waals surface area (Å²) in [6.07, 6.45) is 0. The lowest BCUT2D eigenvalue weighted by Crippen LogP contribution is -2.08. The molecule has 0 bridgehead atoms. The molecule has 4 heteroatoms. The van der Waals surface area contributed by atoms with Crippen molar-refractivity contribution in [3.8, 4) is 17.2 Å². The highest BCUT2D eigenvalue weighted by atomic mass is 16.5. The standard InChI is InChI=1S/C17H21NO3/c1-10-5-7-14(11(2)17(10)20)18-12(3)13-6-8-15(19)16(9-13)21-4/h5-9,12,18-20H,1-4H3. The quantitative estimate of drug-likeness (QED) is 0.798. The molecule has 0 fully saturated rings. The van der Waals surface area contributed by atoms with Crippen molar-refractivity contribution in [2.75, 3.05) is 12.4 Å². The number of anilines is 1. The number of rotatable bonds is 4. The summed E-state index contributed by atoms with van der Waals surface area (Å²) in [7, 11) is 1.53. The van der Waals surface area contributed by atoms with Crippen LogP contribution in [-0.4, -0.2) is 17.3 Å². The number of hydrogen-bond donors (Lipinski definition) is 3. The first kappa shape index (κ1) is 15.0. The molecule has 2 aromatic rings. The Hall–Kier alpha value is -2.36. The molecular weight excluding hydrogens is 266 g/mol. The smallest absolute Gasteiger partial charge is 0.160 e. The van der Waals surface area contributed by atoms with Gasteiger partial charge in [0.15, 0.2) is 11.5 Å². The predicted octanol–water partition coefficient (Wildman–Crippen LogP) is 3.90. The van der Waals surface area contributed by atoms with Gasteiger partial charge in [0.25, 0.3) is 0 Å². The van der Waals surface area contributed by atoms with Crippen LogP contribution in [0, 0.1) is 13.8 Å². The van der Waals surface area contributed by atoms with Crippen LogP contribution in [-0.2, 0) is 0 Å². The monoisotopic (exact) mass is 287 g/mol. The van der Waals surface area contributed by atoms with Gasteiger partial charge in [-0.25, -0.2) is 0 Å². The van der Waals surface area contributed by atoms with Crippen molar-refractivity contribution in [2.24, 2.45) is 0 Å². The molecule has 0 radical (unpaired) electrons. The maximum absolute atomic E-state index is 10.00. The number of benzene rings is 2. The van der Waals surface area contributed by atoms with Crippen molar-refractivity contribution in [1.82, 2.24) is 0 Å². The Morgan fingerprint density at radius 3 is 2.48 bits per heavy atom. The third-order valence-corrected chi connectivity index (χ3v) is 3.71. The third kappa shape index (κ3) is 3.05. The van der Waals surface area contributed by atoms with Gasteiger partial charge in [-0.05, 0) is 50.1 Å². The molecule has 0 aliphatic rings. The molecule has 1 atom stereocenters. The molecule has 0 heterocycles. The van der Waals surface area contributed by atoms with E-state index in [1.54, 1.807) is 12.1 Å². The highest BCUT2D eigenvalue weighted by Gasteiger charge is 2.12. The van der Waals surface area contributed by atoms with Crippen LogP contribution in [0.15, 0.2) is 30.3 Å². The lowest BCUT2D eigenvalue weighted by molar-refractivity contribution is 0.373. The van der Waals surface area contributed by atoms with Crippen LogP contribution in [0.4, 0.5) is 5.69 Å². The Morgan fingerprint density at radius 1 is 1.10 bits per heavy atom. The Balaban J connectivity index is 2.26. The fourth-order valence-corrected chi connectivity index (χ4v) is 2.27. The van der Waals surface area contributed by atoms with Gasteiger partial charge >= 0.3 is 0 Å². The number of phenols is 2. The van der Waals surface area contributed by atoms with Gasteiger partial charge in [0, 0.05) is 17.3 Å². The van der Waals surface area contributed by atoms with Crippen LogP contribution in [0.1, 0.15) is 29.7 Å². The number of aromatic hydroxyl groups is 2. The molecule has 112 valence electrons. The van der Waals surface area contributed by atoms with Crippen molar-refractivity contribution in [3.63, 3.8) is 0 Å². The van der Waals surface area contributed by atoms with Crippen molar-refractivity contribution >= 4 is 5.69 Å². The largest absolute Gasteiger partial charge is 0.507 e. The zero-order valence-electron chi connectivity index (χ0n) is 12.8. The van der Waals surface area contributed by atoms with E-state index in [-0.39, 0.29) is 11.8 Å². The Morgan fingerprint density at radius 2 is 1.81 bits per heavy atom. The van der Waals surface area contributed by atoms with Gasteiger partial charge < -0.3 is 20.3 Å². The molecule has 1 unspecified atom stereocenters. The van der Waals surface area contributed by atoms with E-state index in [9.17, 15) is 10.2 Å². The molecule has 0 amide bonds. The first-order valence-electron chi connectivity index (χ1n) is 6.86. The molecule has 21 heavy (non-hydrogen) atoms. The van der Waals surface area contributed by atoms with Gasteiger partial charge in [-0.1, -0.05) is 12.1 Å². The second-order valence-electron chi connectivity index (χ2n) is 5.20. The normalized spacial score (nSPS) is 12.0. The van der Waals surface area contributed by atoms with Crippen molar-refractivity contribution in [2.45, 2.75) is 26.8 Å². The summed E-state index contributed by atoms with van der Waals surface area (Å²) in [4.78, 5) is 0.